The van der Waals surface area contributed by atoms with Crippen molar-refractivity contribution in [2.45, 2.75) is 56.9 Å². The zero-order chi connectivity index (χ0) is 26.6. The van der Waals surface area contributed by atoms with E-state index in [0.29, 0.717) is 6.07 Å². The van der Waals surface area contributed by atoms with Crippen LogP contribution in [0, 0.1) is 11.7 Å². The first kappa shape index (κ1) is 26.5. The molecule has 1 N–H and O–H groups in total. The number of halogens is 7. The second kappa shape index (κ2) is 9.05. The molecule has 1 saturated carbocycles. The van der Waals surface area contributed by atoms with Crippen molar-refractivity contribution in [3.63, 3.8) is 0 Å². The first-order valence-corrected chi connectivity index (χ1v) is 12.7. The smallest absolute Gasteiger partial charge is 0.347 e. The molecule has 1 aliphatic carbocycles. The Morgan fingerprint density at radius 1 is 1.03 bits per heavy atom. The van der Waals surface area contributed by atoms with Crippen LogP contribution >= 0.6 is 0 Å². The summed E-state index contributed by atoms with van der Waals surface area (Å²) in [5, 5.41) is -0.826. The largest absolute Gasteiger partial charge is 0.417 e. The van der Waals surface area contributed by atoms with E-state index >= 15 is 0 Å². The minimum Gasteiger partial charge on any atom is -0.347 e. The van der Waals surface area contributed by atoms with Crippen LogP contribution < -0.4 is 4.72 Å². The average molecular weight is 537 g/mol. The number of alkyl halides is 6. The fraction of sp³-hybridized carbons (Fsp3) is 0.417. The lowest BCUT2D eigenvalue weighted by Gasteiger charge is -2.21. The van der Waals surface area contributed by atoms with E-state index in [4.69, 9.17) is 0 Å². The highest BCUT2D eigenvalue weighted by Crippen LogP contribution is 2.42. The summed E-state index contributed by atoms with van der Waals surface area (Å²) in [5.74, 6) is -1.12. The molecule has 0 radical (unpaired) electrons. The van der Waals surface area contributed by atoms with Crippen molar-refractivity contribution in [1.29, 1.82) is 0 Å². The normalized spacial score (nSPS) is 16.2. The van der Waals surface area contributed by atoms with Crippen molar-refractivity contribution < 1.29 is 39.2 Å². The summed E-state index contributed by atoms with van der Waals surface area (Å²) in [6.45, 7) is 3.86. The highest BCUT2D eigenvalue weighted by molar-refractivity contribution is 7.90. The number of aromatic nitrogens is 1. The number of hydrogen-bond donors (Lipinski definition) is 1. The van der Waals surface area contributed by atoms with Gasteiger partial charge in [-0.25, -0.2) is 12.8 Å². The highest BCUT2D eigenvalue weighted by Gasteiger charge is 2.47. The summed E-state index contributed by atoms with van der Waals surface area (Å²) in [7, 11) is -4.22. The molecule has 1 aromatic heterocycles. The molecule has 196 valence electrons. The minimum atomic E-state index is -4.96. The quantitative estimate of drug-likeness (QED) is 0.338. The highest BCUT2D eigenvalue weighted by atomic mass is 32.2. The number of benzene rings is 2. The van der Waals surface area contributed by atoms with Crippen LogP contribution in [0.4, 0.5) is 30.7 Å². The fourth-order valence-corrected chi connectivity index (χ4v) is 5.75. The van der Waals surface area contributed by atoms with Crippen LogP contribution in [0.15, 0.2) is 42.6 Å². The molecule has 4 nitrogen and oxygen atoms in total. The molecule has 0 aliphatic heterocycles. The molecular formula is C24H23F7N2O2S. The Morgan fingerprint density at radius 2 is 1.69 bits per heavy atom. The van der Waals surface area contributed by atoms with Gasteiger partial charge in [0.05, 0.1) is 10.8 Å². The van der Waals surface area contributed by atoms with E-state index in [9.17, 15) is 39.2 Å². The molecule has 4 rings (SSSR count). The van der Waals surface area contributed by atoms with Crippen molar-refractivity contribution >= 4 is 20.9 Å². The second-order valence-corrected chi connectivity index (χ2v) is 11.4. The Bertz CT molecular complexity index is 1390. The van der Waals surface area contributed by atoms with Crippen molar-refractivity contribution in [3.05, 3.63) is 59.5 Å². The number of fused-ring (bicyclic) bond motifs is 1. The first-order chi connectivity index (χ1) is 16.6. The lowest BCUT2D eigenvalue weighted by atomic mass is 9.97. The predicted molar refractivity (Wildman–Crippen MR) is 121 cm³/mol. The Labute approximate surface area is 203 Å². The van der Waals surface area contributed by atoms with Gasteiger partial charge in [0.15, 0.2) is 0 Å². The molecule has 12 heteroatoms. The molecule has 0 saturated heterocycles. The third-order valence-corrected chi connectivity index (χ3v) is 7.87. The predicted octanol–water partition coefficient (Wildman–Crippen LogP) is 6.81. The maximum absolute atomic E-state index is 14.1. The summed E-state index contributed by atoms with van der Waals surface area (Å²) >= 11 is 0. The third-order valence-electron chi connectivity index (χ3n) is 5.96. The van der Waals surface area contributed by atoms with Crippen LogP contribution in [-0.4, -0.2) is 24.4 Å². The van der Waals surface area contributed by atoms with Crippen LogP contribution in [-0.2, 0) is 22.7 Å². The van der Waals surface area contributed by atoms with Gasteiger partial charge in [-0.3, -0.25) is 0 Å². The Morgan fingerprint density at radius 3 is 2.25 bits per heavy atom. The summed E-state index contributed by atoms with van der Waals surface area (Å²) in [4.78, 5) is 0. The molecule has 36 heavy (non-hydrogen) atoms. The monoisotopic (exact) mass is 536 g/mol. The average Bonchev–Trinajstić information content (AvgIpc) is 3.55. The molecule has 0 unspecified atom stereocenters. The van der Waals surface area contributed by atoms with Gasteiger partial charge in [0.1, 0.15) is 11.9 Å². The summed E-state index contributed by atoms with van der Waals surface area (Å²) in [5.41, 5.74) is -1.65. The fourth-order valence-electron chi connectivity index (χ4n) is 4.21. The number of nitrogens with one attached hydrogen (secondary N) is 1. The van der Waals surface area contributed by atoms with E-state index in [1.165, 1.54) is 29.0 Å². The van der Waals surface area contributed by atoms with Gasteiger partial charge in [0.25, 0.3) is 0 Å². The summed E-state index contributed by atoms with van der Waals surface area (Å²) in [6.07, 6.45) is -8.08. The molecule has 0 bridgehead atoms. The van der Waals surface area contributed by atoms with Gasteiger partial charge in [-0.2, -0.15) is 31.1 Å². The number of rotatable bonds is 7. The van der Waals surface area contributed by atoms with Gasteiger partial charge < -0.3 is 4.57 Å². The van der Waals surface area contributed by atoms with Gasteiger partial charge in [-0.15, -0.1) is 0 Å². The van der Waals surface area contributed by atoms with E-state index < -0.39 is 45.0 Å². The van der Waals surface area contributed by atoms with Crippen LogP contribution in [0.3, 0.4) is 0 Å². The number of sulfonamides is 1. The molecule has 0 amide bonds. The second-order valence-electron chi connectivity index (χ2n) is 9.39. The van der Waals surface area contributed by atoms with Crippen LogP contribution in [0.2, 0.25) is 0 Å². The molecule has 1 aliphatic rings. The van der Waals surface area contributed by atoms with Gasteiger partial charge in [-0.1, -0.05) is 32.0 Å². The topological polar surface area (TPSA) is 51.1 Å². The van der Waals surface area contributed by atoms with Crippen LogP contribution in [0.5, 0.6) is 0 Å². The molecule has 0 spiro atoms. The SMILES string of the molecule is CC(C)Cn1cc([C@H](NS(=O)(=O)C2CC2)C(F)(F)F)c2ccc(-c3ccc(F)cc3C(F)(F)F)cc21. The Balaban J connectivity index is 1.90. The Hall–Kier alpha value is -2.60. The van der Waals surface area contributed by atoms with E-state index in [0.717, 1.165) is 12.1 Å². The van der Waals surface area contributed by atoms with Crippen molar-refractivity contribution in [1.82, 2.24) is 9.29 Å². The van der Waals surface area contributed by atoms with Gasteiger partial charge in [0, 0.05) is 29.2 Å². The van der Waals surface area contributed by atoms with Crippen molar-refractivity contribution in [3.8, 4) is 11.1 Å². The van der Waals surface area contributed by atoms with Gasteiger partial charge in [-0.05, 0) is 48.1 Å². The number of hydrogen-bond acceptors (Lipinski definition) is 2. The third kappa shape index (κ3) is 5.39. The van der Waals surface area contributed by atoms with Crippen molar-refractivity contribution in [2.75, 3.05) is 0 Å². The lowest BCUT2D eigenvalue weighted by molar-refractivity contribution is -0.152. The maximum Gasteiger partial charge on any atom is 0.417 e. The van der Waals surface area contributed by atoms with E-state index in [1.807, 2.05) is 13.8 Å². The summed E-state index contributed by atoms with van der Waals surface area (Å²) < 4.78 is 125. The molecule has 1 atom stereocenters. The van der Waals surface area contributed by atoms with Crippen LogP contribution in [0.1, 0.15) is 43.9 Å². The molecule has 1 fully saturated rings. The zero-order valence-corrected chi connectivity index (χ0v) is 20.0. The van der Waals surface area contributed by atoms with Gasteiger partial charge >= 0.3 is 12.4 Å². The maximum atomic E-state index is 14.1. The molecular weight excluding hydrogens is 513 g/mol. The lowest BCUT2D eigenvalue weighted by Crippen LogP contribution is -2.39. The van der Waals surface area contributed by atoms with E-state index in [2.05, 4.69) is 0 Å². The Kier molecular flexibility index (Phi) is 6.66. The zero-order valence-electron chi connectivity index (χ0n) is 19.2. The molecule has 1 heterocycles. The van der Waals surface area contributed by atoms with E-state index in [1.54, 1.807) is 4.72 Å². The van der Waals surface area contributed by atoms with Crippen LogP contribution in [0.25, 0.3) is 22.0 Å². The molecule has 2 aromatic carbocycles. The van der Waals surface area contributed by atoms with Gasteiger partial charge in [0.2, 0.25) is 10.0 Å². The number of nitrogens with zero attached hydrogens (tertiary/aromatic N) is 1. The summed E-state index contributed by atoms with van der Waals surface area (Å²) in [6, 6.07) is 3.46. The minimum absolute atomic E-state index is 0.0339. The standard InChI is InChI=1S/C24H23F7N2O2S/c1-13(2)11-33-12-19(22(24(29,30)31)32-36(34,35)16-5-6-16)18-7-3-14(9-21(18)33)17-8-4-15(25)10-20(17)23(26,27)28/h3-4,7-10,12-13,16,22,32H,5-6,11H2,1-2H3/t22-/m0/s1. The first-order valence-electron chi connectivity index (χ1n) is 11.2. The van der Waals surface area contributed by atoms with E-state index in [-0.39, 0.29) is 52.9 Å². The van der Waals surface area contributed by atoms with Crippen molar-refractivity contribution in [2.24, 2.45) is 5.92 Å². The molecule has 3 aromatic rings.